The van der Waals surface area contributed by atoms with Crippen molar-refractivity contribution in [2.24, 2.45) is 0 Å². The number of benzene rings is 1. The van der Waals surface area contributed by atoms with Crippen molar-refractivity contribution in [1.29, 1.82) is 0 Å². The van der Waals surface area contributed by atoms with E-state index in [0.29, 0.717) is 24.0 Å². The Morgan fingerprint density at radius 1 is 1.21 bits per heavy atom. The Balaban J connectivity index is 1.77. The summed E-state index contributed by atoms with van der Waals surface area (Å²) in [5, 5.41) is 8.26. The number of pyridine rings is 2. The third-order valence-electron chi connectivity index (χ3n) is 6.39. The van der Waals surface area contributed by atoms with E-state index in [1.165, 1.54) is 6.92 Å². The summed E-state index contributed by atoms with van der Waals surface area (Å²) in [6.07, 6.45) is 3.72. The van der Waals surface area contributed by atoms with E-state index in [1.54, 1.807) is 6.20 Å². The number of nitrogens with zero attached hydrogens (tertiary/aromatic N) is 2. The maximum absolute atomic E-state index is 12.5. The fourth-order valence-electron chi connectivity index (χ4n) is 4.81. The number of aryl methyl sites for hydroxylation is 2. The van der Waals surface area contributed by atoms with Crippen molar-refractivity contribution in [2.75, 3.05) is 35.3 Å². The van der Waals surface area contributed by atoms with Crippen molar-refractivity contribution < 1.29 is 9.53 Å². The molecule has 0 unspecified atom stereocenters. The molecule has 3 heterocycles. The Morgan fingerprint density at radius 2 is 1.97 bits per heavy atom. The van der Waals surface area contributed by atoms with Gasteiger partial charge in [-0.15, -0.1) is 0 Å². The monoisotopic (exact) mass is 463 g/mol. The molecule has 0 radical (unpaired) electrons. The van der Waals surface area contributed by atoms with E-state index in [1.807, 2.05) is 38.1 Å². The molecule has 2 aromatic heterocycles. The lowest BCUT2D eigenvalue weighted by Gasteiger charge is -2.36. The Hall–Kier alpha value is -3.39. The van der Waals surface area contributed by atoms with Gasteiger partial charge in [0.1, 0.15) is 5.82 Å². The molecule has 1 aliphatic heterocycles. The average molecular weight is 464 g/mol. The number of hydrogen-bond acceptors (Lipinski definition) is 6. The molecule has 1 aliphatic rings. The van der Waals surface area contributed by atoms with Crippen LogP contribution in [0, 0.1) is 13.8 Å². The highest BCUT2D eigenvalue weighted by molar-refractivity contribution is 6.04. The Bertz CT molecular complexity index is 1250. The molecule has 0 atom stereocenters. The Morgan fingerprint density at radius 3 is 2.65 bits per heavy atom. The van der Waals surface area contributed by atoms with Crippen LogP contribution in [-0.4, -0.2) is 41.7 Å². The predicted octanol–water partition coefficient (Wildman–Crippen LogP) is 4.12. The molecule has 8 heteroatoms. The second-order valence-corrected chi connectivity index (χ2v) is 8.86. The van der Waals surface area contributed by atoms with E-state index in [4.69, 9.17) is 4.74 Å². The normalized spacial score (nSPS) is 14.2. The summed E-state index contributed by atoms with van der Waals surface area (Å²) in [4.78, 5) is 34.2. The molecule has 8 nitrogen and oxygen atoms in total. The Labute approximate surface area is 199 Å². The lowest BCUT2D eigenvalue weighted by Crippen LogP contribution is -2.39. The molecule has 3 N–H and O–H groups in total. The van der Waals surface area contributed by atoms with E-state index < -0.39 is 0 Å². The second-order valence-electron chi connectivity index (χ2n) is 8.86. The first kappa shape index (κ1) is 23.8. The van der Waals surface area contributed by atoms with Gasteiger partial charge in [0, 0.05) is 78.9 Å². The van der Waals surface area contributed by atoms with E-state index in [9.17, 15) is 9.59 Å². The number of ether oxygens (including phenoxy) is 1. The first-order valence-electron chi connectivity index (χ1n) is 11.9. The van der Waals surface area contributed by atoms with Crippen LogP contribution in [0.2, 0.25) is 0 Å². The van der Waals surface area contributed by atoms with Crippen molar-refractivity contribution in [3.05, 3.63) is 57.6 Å². The van der Waals surface area contributed by atoms with Gasteiger partial charge in [-0.2, -0.15) is 0 Å². The summed E-state index contributed by atoms with van der Waals surface area (Å²) < 4.78 is 5.58. The average Bonchev–Trinajstić information content (AvgIpc) is 2.79. The quantitative estimate of drug-likeness (QED) is 0.488. The van der Waals surface area contributed by atoms with Crippen LogP contribution < -0.4 is 21.1 Å². The molecule has 4 rings (SSSR count). The number of aromatic nitrogens is 2. The van der Waals surface area contributed by atoms with Crippen LogP contribution in [0.4, 0.5) is 17.2 Å². The maximum atomic E-state index is 12.5. The van der Waals surface area contributed by atoms with Crippen LogP contribution in [-0.2, 0) is 16.1 Å². The van der Waals surface area contributed by atoms with Gasteiger partial charge in [0.15, 0.2) is 0 Å². The van der Waals surface area contributed by atoms with Gasteiger partial charge in [0.05, 0.1) is 0 Å². The summed E-state index contributed by atoms with van der Waals surface area (Å²) in [6, 6.07) is 8.34. The molecular formula is C26H33N5O3. The van der Waals surface area contributed by atoms with Gasteiger partial charge in [0.2, 0.25) is 5.91 Å². The molecule has 1 aromatic carbocycles. The number of carbonyl (C=O) groups is 1. The van der Waals surface area contributed by atoms with Gasteiger partial charge in [-0.25, -0.2) is 4.98 Å². The van der Waals surface area contributed by atoms with Gasteiger partial charge >= 0.3 is 0 Å². The molecule has 3 aromatic rings. The highest BCUT2D eigenvalue weighted by Gasteiger charge is 2.23. The highest BCUT2D eigenvalue weighted by atomic mass is 16.5. The first-order chi connectivity index (χ1) is 16.4. The number of nitrogens with one attached hydrogen (secondary N) is 3. The number of rotatable bonds is 7. The van der Waals surface area contributed by atoms with Crippen LogP contribution in [0.25, 0.3) is 10.8 Å². The van der Waals surface area contributed by atoms with Crippen LogP contribution >= 0.6 is 0 Å². The van der Waals surface area contributed by atoms with E-state index in [0.717, 1.165) is 66.0 Å². The van der Waals surface area contributed by atoms with Gasteiger partial charge in [0.25, 0.3) is 5.56 Å². The number of anilines is 3. The minimum atomic E-state index is -0.125. The van der Waals surface area contributed by atoms with Gasteiger partial charge in [-0.05, 0) is 63.4 Å². The third kappa shape index (κ3) is 5.07. The van der Waals surface area contributed by atoms with Crippen LogP contribution in [0.5, 0.6) is 0 Å². The highest BCUT2D eigenvalue weighted by Crippen LogP contribution is 2.36. The molecular weight excluding hydrogens is 430 g/mol. The summed E-state index contributed by atoms with van der Waals surface area (Å²) >= 11 is 0. The number of hydrogen-bond donors (Lipinski definition) is 3. The number of aromatic amines is 1. The molecule has 1 amide bonds. The summed E-state index contributed by atoms with van der Waals surface area (Å²) in [5.41, 5.74) is 4.14. The van der Waals surface area contributed by atoms with Crippen LogP contribution in [0.15, 0.2) is 35.3 Å². The van der Waals surface area contributed by atoms with Gasteiger partial charge in [-0.3, -0.25) is 9.59 Å². The zero-order valence-electron chi connectivity index (χ0n) is 20.3. The van der Waals surface area contributed by atoms with Gasteiger partial charge < -0.3 is 25.3 Å². The van der Waals surface area contributed by atoms with Crippen LogP contribution in [0.1, 0.15) is 43.5 Å². The minimum Gasteiger partial charge on any atom is -0.381 e. The van der Waals surface area contributed by atoms with E-state index >= 15 is 0 Å². The van der Waals surface area contributed by atoms with E-state index in [2.05, 4.69) is 32.4 Å². The second kappa shape index (κ2) is 10.3. The molecule has 1 fully saturated rings. The smallest absolute Gasteiger partial charge is 0.253 e. The van der Waals surface area contributed by atoms with Gasteiger partial charge in [-0.1, -0.05) is 0 Å². The molecule has 0 spiro atoms. The van der Waals surface area contributed by atoms with Crippen molar-refractivity contribution in [3.8, 4) is 0 Å². The number of fused-ring (bicyclic) bond motifs is 1. The first-order valence-corrected chi connectivity index (χ1v) is 11.9. The third-order valence-corrected chi connectivity index (χ3v) is 6.39. The maximum Gasteiger partial charge on any atom is 0.253 e. The predicted molar refractivity (Wildman–Crippen MR) is 137 cm³/mol. The van der Waals surface area contributed by atoms with Crippen molar-refractivity contribution in [3.63, 3.8) is 0 Å². The fraction of sp³-hybridized carbons (Fsp3) is 0.423. The lowest BCUT2D eigenvalue weighted by atomic mass is 10.0. The molecule has 0 bridgehead atoms. The fourth-order valence-corrected chi connectivity index (χ4v) is 4.81. The molecule has 0 aliphatic carbocycles. The molecule has 34 heavy (non-hydrogen) atoms. The zero-order valence-corrected chi connectivity index (χ0v) is 20.3. The van der Waals surface area contributed by atoms with Crippen molar-refractivity contribution in [1.82, 2.24) is 9.97 Å². The minimum absolute atomic E-state index is 0.0958. The zero-order chi connectivity index (χ0) is 24.2. The lowest BCUT2D eigenvalue weighted by molar-refractivity contribution is -0.114. The Kier molecular flexibility index (Phi) is 7.17. The summed E-state index contributed by atoms with van der Waals surface area (Å²) in [6.45, 7) is 10.2. The SMILES string of the molecule is CCN(c1cc(NC(C)=O)cc2c(NCc3c(C)cc(C)[nH]c3=O)nccc12)C1CCOCC1. The summed E-state index contributed by atoms with van der Waals surface area (Å²) in [7, 11) is 0. The number of carbonyl (C=O) groups excluding carboxylic acids is 1. The molecule has 0 saturated carbocycles. The van der Waals surface area contributed by atoms with Crippen molar-refractivity contribution >= 4 is 33.9 Å². The topological polar surface area (TPSA) is 99.4 Å². The number of H-pyrrole nitrogens is 1. The largest absolute Gasteiger partial charge is 0.381 e. The van der Waals surface area contributed by atoms with Crippen LogP contribution in [0.3, 0.4) is 0 Å². The molecule has 1 saturated heterocycles. The standard InChI is InChI=1S/C26H33N5O3/c1-5-31(20-7-10-34-11-8-20)24-14-19(30-18(4)32)13-22-21(24)6-9-27-25(22)28-15-23-16(2)12-17(3)29-26(23)33/h6,9,12-14,20H,5,7-8,10-11,15H2,1-4H3,(H,27,28)(H,29,33)(H,30,32). The summed E-state index contributed by atoms with van der Waals surface area (Å²) in [5.74, 6) is 0.549. The van der Waals surface area contributed by atoms with Crippen molar-refractivity contribution in [2.45, 2.75) is 53.1 Å². The number of amides is 1. The molecule has 180 valence electrons. The van der Waals surface area contributed by atoms with E-state index in [-0.39, 0.29) is 11.5 Å².